The van der Waals surface area contributed by atoms with Crippen molar-refractivity contribution in [1.29, 1.82) is 0 Å². The molecular weight excluding hydrogens is 527 g/mol. The smallest absolute Gasteiger partial charge is 0.191 e. The maximum absolute atomic E-state index is 5.36. The van der Waals surface area contributed by atoms with Crippen LogP contribution < -0.4 is 20.3 Å². The Morgan fingerprint density at radius 2 is 1.85 bits per heavy atom. The fourth-order valence-electron chi connectivity index (χ4n) is 4.17. The van der Waals surface area contributed by atoms with Crippen molar-refractivity contribution < 1.29 is 4.74 Å². The highest BCUT2D eigenvalue weighted by molar-refractivity contribution is 14.0. The van der Waals surface area contributed by atoms with E-state index in [1.807, 2.05) is 31.3 Å². The molecule has 33 heavy (non-hydrogen) atoms. The van der Waals surface area contributed by atoms with Crippen LogP contribution in [0.5, 0.6) is 5.75 Å². The fraction of sp³-hybridized carbons (Fsp3) is 0.520. The van der Waals surface area contributed by atoms with Crippen LogP contribution in [0.2, 0.25) is 0 Å². The van der Waals surface area contributed by atoms with E-state index in [-0.39, 0.29) is 24.0 Å². The summed E-state index contributed by atoms with van der Waals surface area (Å²) >= 11 is 0. The van der Waals surface area contributed by atoms with Crippen molar-refractivity contribution in [2.75, 3.05) is 52.3 Å². The lowest BCUT2D eigenvalue weighted by atomic mass is 10.0. The lowest BCUT2D eigenvalue weighted by molar-refractivity contribution is 0.164. The monoisotopic (exact) mass is 566 g/mol. The summed E-state index contributed by atoms with van der Waals surface area (Å²) in [5.74, 6) is 2.68. The molecule has 0 radical (unpaired) electrons. The number of methoxy groups -OCH3 is 1. The predicted molar refractivity (Wildman–Crippen MR) is 148 cm³/mol. The van der Waals surface area contributed by atoms with Gasteiger partial charge in [0.2, 0.25) is 0 Å². The number of ether oxygens (including phenoxy) is 1. The molecule has 182 valence electrons. The molecule has 0 amide bonds. The van der Waals surface area contributed by atoms with Crippen molar-refractivity contribution in [1.82, 2.24) is 20.5 Å². The number of nitrogens with zero attached hydrogens (tertiary/aromatic N) is 4. The largest absolute Gasteiger partial charge is 0.497 e. The molecular formula is C25H39IN6O. The van der Waals surface area contributed by atoms with Gasteiger partial charge in [0.1, 0.15) is 11.6 Å². The van der Waals surface area contributed by atoms with Gasteiger partial charge in [-0.1, -0.05) is 24.6 Å². The third-order valence-electron chi connectivity index (χ3n) is 5.84. The molecule has 2 aromatic rings. The number of pyridine rings is 1. The van der Waals surface area contributed by atoms with E-state index in [1.165, 1.54) is 24.8 Å². The van der Waals surface area contributed by atoms with Crippen LogP contribution in [0.4, 0.5) is 5.82 Å². The molecule has 8 heteroatoms. The Morgan fingerprint density at radius 3 is 2.48 bits per heavy atom. The summed E-state index contributed by atoms with van der Waals surface area (Å²) in [6.45, 7) is 6.55. The first kappa shape index (κ1) is 27.2. The topological polar surface area (TPSA) is 65.0 Å². The van der Waals surface area contributed by atoms with Crippen LogP contribution in [-0.4, -0.2) is 63.2 Å². The van der Waals surface area contributed by atoms with Crippen LogP contribution in [0.15, 0.2) is 47.6 Å². The minimum absolute atomic E-state index is 0. The van der Waals surface area contributed by atoms with Crippen molar-refractivity contribution in [2.24, 2.45) is 4.99 Å². The van der Waals surface area contributed by atoms with Crippen molar-refractivity contribution in [3.05, 3.63) is 53.7 Å². The highest BCUT2D eigenvalue weighted by Gasteiger charge is 2.22. The Kier molecular flexibility index (Phi) is 11.7. The molecule has 1 aromatic carbocycles. The molecule has 0 spiro atoms. The van der Waals surface area contributed by atoms with Crippen molar-refractivity contribution in [2.45, 2.75) is 38.8 Å². The van der Waals surface area contributed by atoms with Crippen molar-refractivity contribution in [3.63, 3.8) is 0 Å². The molecule has 1 aliphatic rings. The van der Waals surface area contributed by atoms with Crippen LogP contribution in [0, 0.1) is 0 Å². The van der Waals surface area contributed by atoms with E-state index in [0.717, 1.165) is 49.3 Å². The van der Waals surface area contributed by atoms with E-state index in [2.05, 4.69) is 57.8 Å². The number of aliphatic imine (C=N–C) groups is 1. The quantitative estimate of drug-likeness (QED) is 0.271. The minimum atomic E-state index is 0. The van der Waals surface area contributed by atoms with E-state index >= 15 is 0 Å². The van der Waals surface area contributed by atoms with Crippen molar-refractivity contribution >= 4 is 35.8 Å². The first-order chi connectivity index (χ1) is 15.6. The van der Waals surface area contributed by atoms with E-state index < -0.39 is 0 Å². The second-order valence-electron chi connectivity index (χ2n) is 8.34. The molecule has 0 saturated carbocycles. The van der Waals surface area contributed by atoms with Crippen LogP contribution in [-0.2, 0) is 6.54 Å². The van der Waals surface area contributed by atoms with Gasteiger partial charge in [-0.3, -0.25) is 4.90 Å². The summed E-state index contributed by atoms with van der Waals surface area (Å²) < 4.78 is 5.36. The van der Waals surface area contributed by atoms with Gasteiger partial charge < -0.3 is 20.3 Å². The second kappa shape index (κ2) is 14.2. The molecule has 2 N–H and O–H groups in total. The summed E-state index contributed by atoms with van der Waals surface area (Å²) in [5.41, 5.74) is 2.41. The van der Waals surface area contributed by atoms with Crippen LogP contribution in [0.3, 0.4) is 0 Å². The number of benzene rings is 1. The van der Waals surface area contributed by atoms with Gasteiger partial charge in [-0.25, -0.2) is 9.98 Å². The number of anilines is 1. The maximum Gasteiger partial charge on any atom is 0.191 e. The Bertz CT molecular complexity index is 852. The summed E-state index contributed by atoms with van der Waals surface area (Å²) in [5, 5.41) is 6.99. The van der Waals surface area contributed by atoms with Gasteiger partial charge in [0.05, 0.1) is 19.7 Å². The zero-order chi connectivity index (χ0) is 22.8. The average molecular weight is 567 g/mol. The van der Waals surface area contributed by atoms with Crippen molar-refractivity contribution in [3.8, 4) is 5.75 Å². The SMILES string of the molecule is CCNC(=NCc1cccnc1N(C)C)NCC(c1ccc(OC)cc1)N1CCCCC1.I. The zero-order valence-electron chi connectivity index (χ0n) is 20.4. The number of rotatable bonds is 9. The molecule has 1 saturated heterocycles. The van der Waals surface area contributed by atoms with E-state index in [1.54, 1.807) is 7.11 Å². The lowest BCUT2D eigenvalue weighted by Crippen LogP contribution is -2.44. The number of halogens is 1. The first-order valence-corrected chi connectivity index (χ1v) is 11.6. The predicted octanol–water partition coefficient (Wildman–Crippen LogP) is 4.06. The molecule has 1 aromatic heterocycles. The van der Waals surface area contributed by atoms with Gasteiger partial charge in [0.15, 0.2) is 5.96 Å². The zero-order valence-corrected chi connectivity index (χ0v) is 22.7. The fourth-order valence-corrected chi connectivity index (χ4v) is 4.17. The summed E-state index contributed by atoms with van der Waals surface area (Å²) in [7, 11) is 5.73. The van der Waals surface area contributed by atoms with Gasteiger partial charge in [-0.15, -0.1) is 24.0 Å². The summed E-state index contributed by atoms with van der Waals surface area (Å²) in [4.78, 5) is 14.0. The molecule has 7 nitrogen and oxygen atoms in total. The third kappa shape index (κ3) is 8.03. The molecule has 1 atom stereocenters. The Labute approximate surface area is 216 Å². The number of hydrogen-bond donors (Lipinski definition) is 2. The number of hydrogen-bond acceptors (Lipinski definition) is 5. The van der Waals surface area contributed by atoms with E-state index in [0.29, 0.717) is 12.6 Å². The Balaban J connectivity index is 0.00000385. The molecule has 1 aliphatic heterocycles. The third-order valence-corrected chi connectivity index (χ3v) is 5.84. The maximum atomic E-state index is 5.36. The number of nitrogens with one attached hydrogen (secondary N) is 2. The summed E-state index contributed by atoms with van der Waals surface area (Å²) in [6.07, 6.45) is 5.66. The molecule has 1 unspecified atom stereocenters. The van der Waals surface area contributed by atoms with Crippen LogP contribution in [0.1, 0.15) is 43.4 Å². The number of guanidine groups is 1. The highest BCUT2D eigenvalue weighted by Crippen LogP contribution is 2.26. The molecule has 0 bridgehead atoms. The van der Waals surface area contributed by atoms with Gasteiger partial charge in [-0.05, 0) is 56.6 Å². The van der Waals surface area contributed by atoms with Crippen LogP contribution in [0.25, 0.3) is 0 Å². The standard InChI is InChI=1S/C25H38N6O.HI/c1-5-26-25(28-18-21-10-9-15-27-24(21)30(2)3)29-19-23(31-16-7-6-8-17-31)20-11-13-22(32-4)14-12-20;/h9-15,23H,5-8,16-19H2,1-4H3,(H2,26,28,29);1H. The molecule has 0 aliphatic carbocycles. The van der Waals surface area contributed by atoms with Gasteiger partial charge in [-0.2, -0.15) is 0 Å². The lowest BCUT2D eigenvalue weighted by Gasteiger charge is -2.35. The Hall–Kier alpha value is -2.07. The number of piperidine rings is 1. The number of aromatic nitrogens is 1. The van der Waals surface area contributed by atoms with E-state index in [4.69, 9.17) is 9.73 Å². The first-order valence-electron chi connectivity index (χ1n) is 11.6. The normalized spacial score (nSPS) is 15.3. The molecule has 2 heterocycles. The van der Waals surface area contributed by atoms with Gasteiger partial charge >= 0.3 is 0 Å². The van der Waals surface area contributed by atoms with Crippen LogP contribution >= 0.6 is 24.0 Å². The van der Waals surface area contributed by atoms with E-state index in [9.17, 15) is 0 Å². The molecule has 3 rings (SSSR count). The number of likely N-dealkylation sites (tertiary alicyclic amines) is 1. The minimum Gasteiger partial charge on any atom is -0.497 e. The second-order valence-corrected chi connectivity index (χ2v) is 8.34. The van der Waals surface area contributed by atoms with Gasteiger partial charge in [0.25, 0.3) is 0 Å². The van der Waals surface area contributed by atoms with Gasteiger partial charge in [0, 0.05) is 38.9 Å². The highest BCUT2D eigenvalue weighted by atomic mass is 127. The Morgan fingerprint density at radius 1 is 1.12 bits per heavy atom. The average Bonchev–Trinajstić information content (AvgIpc) is 2.83. The molecule has 1 fully saturated rings. The summed E-state index contributed by atoms with van der Waals surface area (Å²) in [6, 6.07) is 12.8.